The van der Waals surface area contributed by atoms with Crippen molar-refractivity contribution < 1.29 is 23.2 Å². The van der Waals surface area contributed by atoms with Crippen LogP contribution in [0.1, 0.15) is 31.9 Å². The number of nitrogens with one attached hydrogen (secondary N) is 1. The fraction of sp³-hybridized carbons (Fsp3) is 0.278. The molecule has 0 aliphatic rings. The van der Waals surface area contributed by atoms with Crippen LogP contribution in [0.3, 0.4) is 0 Å². The Morgan fingerprint density at radius 2 is 1.82 bits per heavy atom. The number of methoxy groups -OCH3 is 1. The Balaban J connectivity index is 2.24. The van der Waals surface area contributed by atoms with Gasteiger partial charge in [-0.3, -0.25) is 10.1 Å². The molecule has 0 heterocycles. The van der Waals surface area contributed by atoms with Crippen molar-refractivity contribution in [1.29, 1.82) is 0 Å². The van der Waals surface area contributed by atoms with Gasteiger partial charge in [0.2, 0.25) is 5.75 Å². The van der Waals surface area contributed by atoms with Gasteiger partial charge < -0.3 is 9.84 Å². The molecule has 0 aliphatic carbocycles. The van der Waals surface area contributed by atoms with Gasteiger partial charge in [-0.1, -0.05) is 32.9 Å². The van der Waals surface area contributed by atoms with Crippen molar-refractivity contribution >= 4 is 21.9 Å². The summed E-state index contributed by atoms with van der Waals surface area (Å²) in [5.74, 6) is -0.750. The first-order valence-corrected chi connectivity index (χ1v) is 9.65. The van der Waals surface area contributed by atoms with Gasteiger partial charge in [0.25, 0.3) is 10.0 Å². The summed E-state index contributed by atoms with van der Waals surface area (Å²) in [6.45, 7) is 6.05. The molecule has 0 bridgehead atoms. The van der Waals surface area contributed by atoms with Gasteiger partial charge in [0.15, 0.2) is 5.75 Å². The minimum atomic E-state index is -3.91. The first-order chi connectivity index (χ1) is 13.0. The van der Waals surface area contributed by atoms with Crippen molar-refractivity contribution in [3.63, 3.8) is 0 Å². The zero-order valence-corrected chi connectivity index (χ0v) is 16.6. The third-order valence-corrected chi connectivity index (χ3v) is 5.15. The molecule has 0 saturated carbocycles. The standard InChI is InChI=1S/C18H21N3O6S/c1-18(2,3)13-5-7-14(8-6-13)28(25,26)20-19-11-12-9-15(21(23)24)17(22)16(10-12)27-4/h5-11,20,22H,1-4H3/b19-11-. The van der Waals surface area contributed by atoms with Crippen LogP contribution in [0, 0.1) is 10.1 Å². The van der Waals surface area contributed by atoms with E-state index in [1.54, 1.807) is 12.1 Å². The third-order valence-electron chi connectivity index (χ3n) is 3.91. The average molecular weight is 407 g/mol. The molecule has 0 aliphatic heterocycles. The van der Waals surface area contributed by atoms with Crippen molar-refractivity contribution in [1.82, 2.24) is 4.83 Å². The Morgan fingerprint density at radius 3 is 2.32 bits per heavy atom. The molecule has 0 atom stereocenters. The summed E-state index contributed by atoms with van der Waals surface area (Å²) in [5, 5.41) is 24.4. The van der Waals surface area contributed by atoms with Crippen LogP contribution in [0.15, 0.2) is 46.4 Å². The fourth-order valence-corrected chi connectivity index (χ4v) is 3.13. The van der Waals surface area contributed by atoms with Crippen molar-refractivity contribution in [2.75, 3.05) is 7.11 Å². The molecule has 10 heteroatoms. The van der Waals surface area contributed by atoms with Crippen molar-refractivity contribution in [3.8, 4) is 11.5 Å². The summed E-state index contributed by atoms with van der Waals surface area (Å²) in [6, 6.07) is 8.75. The average Bonchev–Trinajstić information content (AvgIpc) is 2.61. The molecule has 150 valence electrons. The van der Waals surface area contributed by atoms with Crippen LogP contribution in [-0.2, 0) is 15.4 Å². The summed E-state index contributed by atoms with van der Waals surface area (Å²) in [7, 11) is -2.67. The molecule has 28 heavy (non-hydrogen) atoms. The first-order valence-electron chi connectivity index (χ1n) is 8.16. The summed E-state index contributed by atoms with van der Waals surface area (Å²) >= 11 is 0. The van der Waals surface area contributed by atoms with Gasteiger partial charge >= 0.3 is 5.69 Å². The quantitative estimate of drug-likeness (QED) is 0.430. The zero-order chi connectivity index (χ0) is 21.1. The lowest BCUT2D eigenvalue weighted by atomic mass is 9.87. The van der Waals surface area contributed by atoms with E-state index in [0.29, 0.717) is 0 Å². The summed E-state index contributed by atoms with van der Waals surface area (Å²) in [4.78, 5) is 12.3. The molecular weight excluding hydrogens is 386 g/mol. The number of hydrogen-bond donors (Lipinski definition) is 2. The molecular formula is C18H21N3O6S. The molecule has 2 N–H and O–H groups in total. The van der Waals surface area contributed by atoms with E-state index in [-0.39, 0.29) is 21.6 Å². The topological polar surface area (TPSA) is 131 Å². The number of benzene rings is 2. The van der Waals surface area contributed by atoms with Gasteiger partial charge in [0.1, 0.15) is 0 Å². The highest BCUT2D eigenvalue weighted by atomic mass is 32.2. The summed E-state index contributed by atoms with van der Waals surface area (Å²) < 4.78 is 29.6. The van der Waals surface area contributed by atoms with Gasteiger partial charge in [0.05, 0.1) is 23.1 Å². The van der Waals surface area contributed by atoms with E-state index in [4.69, 9.17) is 4.74 Å². The van der Waals surface area contributed by atoms with Gasteiger partial charge in [0, 0.05) is 11.6 Å². The SMILES string of the molecule is COc1cc(/C=N\NS(=O)(=O)c2ccc(C(C)(C)C)cc2)cc([N+](=O)[O-])c1O. The number of ether oxygens (including phenoxy) is 1. The minimum absolute atomic E-state index is 0.0342. The van der Waals surface area contributed by atoms with E-state index in [2.05, 4.69) is 9.93 Å². The molecule has 2 aromatic rings. The van der Waals surface area contributed by atoms with Crippen molar-refractivity contribution in [2.24, 2.45) is 5.10 Å². The molecule has 0 amide bonds. The smallest absolute Gasteiger partial charge is 0.315 e. The monoisotopic (exact) mass is 407 g/mol. The number of sulfonamides is 1. The maximum absolute atomic E-state index is 12.3. The van der Waals surface area contributed by atoms with Gasteiger partial charge in [-0.05, 0) is 29.2 Å². The molecule has 0 spiro atoms. The number of phenolic OH excluding ortho intramolecular Hbond substituents is 1. The Bertz CT molecular complexity index is 1010. The molecule has 0 fully saturated rings. The van der Waals surface area contributed by atoms with Crippen LogP contribution in [0.4, 0.5) is 5.69 Å². The second-order valence-corrected chi connectivity index (χ2v) is 8.64. The number of hydrazone groups is 1. The summed E-state index contributed by atoms with van der Waals surface area (Å²) in [5.41, 5.74) is 0.465. The van der Waals surface area contributed by atoms with E-state index in [1.165, 1.54) is 25.3 Å². The Labute approximate surface area is 162 Å². The van der Waals surface area contributed by atoms with E-state index in [9.17, 15) is 23.6 Å². The molecule has 0 radical (unpaired) electrons. The van der Waals surface area contributed by atoms with Crippen molar-refractivity contribution in [3.05, 3.63) is 57.6 Å². The lowest BCUT2D eigenvalue weighted by molar-refractivity contribution is -0.386. The second kappa shape index (κ2) is 7.85. The lowest BCUT2D eigenvalue weighted by Gasteiger charge is -2.19. The number of nitro groups is 1. The van der Waals surface area contributed by atoms with Crippen molar-refractivity contribution in [2.45, 2.75) is 31.1 Å². The van der Waals surface area contributed by atoms with E-state index >= 15 is 0 Å². The molecule has 0 aromatic heterocycles. The number of nitrogens with zero attached hydrogens (tertiary/aromatic N) is 2. The highest BCUT2D eigenvalue weighted by Crippen LogP contribution is 2.36. The van der Waals surface area contributed by atoms with Crippen LogP contribution in [0.25, 0.3) is 0 Å². The molecule has 9 nitrogen and oxygen atoms in total. The third kappa shape index (κ3) is 4.77. The van der Waals surface area contributed by atoms with E-state index in [1.807, 2.05) is 20.8 Å². The molecule has 0 unspecified atom stereocenters. The Kier molecular flexibility index (Phi) is 5.93. The van der Waals surface area contributed by atoms with Crippen LogP contribution < -0.4 is 9.57 Å². The Hall–Kier alpha value is -3.14. The first kappa shape index (κ1) is 21.2. The van der Waals surface area contributed by atoms with E-state index in [0.717, 1.165) is 17.8 Å². The number of nitro benzene ring substituents is 1. The predicted octanol–water partition coefficient (Wildman–Crippen LogP) is 2.92. The van der Waals surface area contributed by atoms with Crippen LogP contribution in [-0.4, -0.2) is 31.8 Å². The fourth-order valence-electron chi connectivity index (χ4n) is 2.34. The normalized spacial score (nSPS) is 12.1. The predicted molar refractivity (Wildman–Crippen MR) is 104 cm³/mol. The van der Waals surface area contributed by atoms with Gasteiger partial charge in [-0.25, -0.2) is 4.83 Å². The largest absolute Gasteiger partial charge is 0.500 e. The summed E-state index contributed by atoms with van der Waals surface area (Å²) in [6.07, 6.45) is 1.08. The molecule has 2 aromatic carbocycles. The number of phenols is 1. The lowest BCUT2D eigenvalue weighted by Crippen LogP contribution is -2.19. The maximum Gasteiger partial charge on any atom is 0.315 e. The van der Waals surface area contributed by atoms with Crippen LogP contribution in [0.5, 0.6) is 11.5 Å². The minimum Gasteiger partial charge on any atom is -0.500 e. The van der Waals surface area contributed by atoms with Crippen LogP contribution in [0.2, 0.25) is 0 Å². The zero-order valence-electron chi connectivity index (χ0n) is 15.8. The van der Waals surface area contributed by atoms with Gasteiger partial charge in [-0.15, -0.1) is 0 Å². The molecule has 0 saturated heterocycles. The highest BCUT2D eigenvalue weighted by Gasteiger charge is 2.20. The van der Waals surface area contributed by atoms with Crippen LogP contribution >= 0.6 is 0 Å². The van der Waals surface area contributed by atoms with E-state index < -0.39 is 26.4 Å². The number of hydrogen-bond acceptors (Lipinski definition) is 7. The van der Waals surface area contributed by atoms with Gasteiger partial charge in [-0.2, -0.15) is 13.5 Å². The second-order valence-electron chi connectivity index (χ2n) is 6.98. The number of aromatic hydroxyl groups is 1. The number of rotatable bonds is 6. The Morgan fingerprint density at radius 1 is 1.21 bits per heavy atom. The highest BCUT2D eigenvalue weighted by molar-refractivity contribution is 7.89. The molecule has 2 rings (SSSR count). The maximum atomic E-state index is 12.3.